The van der Waals surface area contributed by atoms with E-state index in [0.29, 0.717) is 5.69 Å². The van der Waals surface area contributed by atoms with Crippen LogP contribution in [-0.4, -0.2) is 13.9 Å². The van der Waals surface area contributed by atoms with E-state index in [-0.39, 0.29) is 5.56 Å². The lowest BCUT2D eigenvalue weighted by molar-refractivity contribution is 0.630. The van der Waals surface area contributed by atoms with Crippen molar-refractivity contribution in [2.75, 3.05) is 0 Å². The number of hydrogen-bond donors (Lipinski definition) is 0. The van der Waals surface area contributed by atoms with Crippen LogP contribution in [0.2, 0.25) is 0 Å². The summed E-state index contributed by atoms with van der Waals surface area (Å²) in [7, 11) is 1.90. The predicted octanol–water partition coefficient (Wildman–Crippen LogP) is 5.49. The Balaban J connectivity index is 1.64. The van der Waals surface area contributed by atoms with Crippen molar-refractivity contribution in [2.45, 2.75) is 19.9 Å². The molecule has 0 fully saturated rings. The van der Waals surface area contributed by atoms with Crippen LogP contribution < -0.4 is 10.4 Å². The largest absolute Gasteiger partial charge is 0.316 e. The van der Waals surface area contributed by atoms with E-state index in [1.807, 2.05) is 73.3 Å². The maximum atomic E-state index is 13.4. The molecule has 0 aliphatic rings. The summed E-state index contributed by atoms with van der Waals surface area (Å²) in [6, 6.07) is 30.5. The summed E-state index contributed by atoms with van der Waals surface area (Å²) in [5, 5.41) is 2.13. The van der Waals surface area contributed by atoms with E-state index >= 15 is 0 Å². The van der Waals surface area contributed by atoms with Crippen LogP contribution in [0.5, 0.6) is 0 Å². The zero-order valence-corrected chi connectivity index (χ0v) is 20.1. The highest BCUT2D eigenvalue weighted by Gasteiger charge is 2.16. The van der Waals surface area contributed by atoms with E-state index in [9.17, 15) is 4.79 Å². The molecule has 0 radical (unpaired) electrons. The molecule has 5 aromatic rings. The van der Waals surface area contributed by atoms with Crippen LogP contribution in [0, 0.1) is 6.92 Å². The first-order valence-electron chi connectivity index (χ1n) is 11.3. The minimum atomic E-state index is -0.115. The Kier molecular flexibility index (Phi) is 6.14. The summed E-state index contributed by atoms with van der Waals surface area (Å²) in [6.07, 6.45) is 0.882. The zero-order chi connectivity index (χ0) is 23.5. The maximum absolute atomic E-state index is 13.4. The van der Waals surface area contributed by atoms with Crippen molar-refractivity contribution in [1.82, 2.24) is 13.9 Å². The average Bonchev–Trinajstić information content (AvgIpc) is 3.38. The number of benzene rings is 3. The highest BCUT2D eigenvalue weighted by molar-refractivity contribution is 7.07. The summed E-state index contributed by atoms with van der Waals surface area (Å²) < 4.78 is 5.77. The molecular weight excluding hydrogens is 440 g/mol. The molecule has 3 aromatic carbocycles. The van der Waals surface area contributed by atoms with Gasteiger partial charge in [-0.15, -0.1) is 11.3 Å². The third-order valence-corrected chi connectivity index (χ3v) is 6.93. The third-order valence-electron chi connectivity index (χ3n) is 6.07. The zero-order valence-electron chi connectivity index (χ0n) is 19.3. The molecule has 0 aliphatic heterocycles. The normalized spacial score (nSPS) is 11.8. The molecule has 0 N–H and O–H groups in total. The second-order valence-electron chi connectivity index (χ2n) is 8.18. The molecule has 170 valence electrons. The first-order valence-corrected chi connectivity index (χ1v) is 12.2. The van der Waals surface area contributed by atoms with Crippen LogP contribution in [0.1, 0.15) is 11.3 Å². The fourth-order valence-electron chi connectivity index (χ4n) is 4.14. The number of nitrogens with zero attached hydrogens (tertiary/aromatic N) is 4. The van der Waals surface area contributed by atoms with Gasteiger partial charge in [0.15, 0.2) is 10.5 Å². The quantitative estimate of drug-likeness (QED) is 0.326. The first-order chi connectivity index (χ1) is 16.6. The van der Waals surface area contributed by atoms with Gasteiger partial charge in [0.25, 0.3) is 5.56 Å². The van der Waals surface area contributed by atoms with Crippen molar-refractivity contribution in [3.05, 3.63) is 123 Å². The number of para-hydroxylation sites is 1. The SMILES string of the molecule is Cc1c(N=c2scc(-c3ccccc3)n2CCc2ccccc2)c(=O)n(-c2ccccc2)n1C. The third kappa shape index (κ3) is 4.20. The molecular formula is C28H26N4OS. The molecule has 0 saturated carbocycles. The second-order valence-corrected chi connectivity index (χ2v) is 9.02. The van der Waals surface area contributed by atoms with E-state index in [1.165, 1.54) is 5.56 Å². The molecule has 0 saturated heterocycles. The molecule has 0 bridgehead atoms. The molecule has 0 atom stereocenters. The van der Waals surface area contributed by atoms with Gasteiger partial charge in [-0.3, -0.25) is 9.48 Å². The summed E-state index contributed by atoms with van der Waals surface area (Å²) >= 11 is 1.57. The average molecular weight is 467 g/mol. The highest BCUT2D eigenvalue weighted by atomic mass is 32.1. The monoisotopic (exact) mass is 466 g/mol. The topological polar surface area (TPSA) is 44.2 Å². The van der Waals surface area contributed by atoms with Gasteiger partial charge in [0, 0.05) is 19.0 Å². The summed E-state index contributed by atoms with van der Waals surface area (Å²) in [5.74, 6) is 0. The van der Waals surface area contributed by atoms with E-state index < -0.39 is 0 Å². The fraction of sp³-hybridized carbons (Fsp3) is 0.143. The lowest BCUT2D eigenvalue weighted by Crippen LogP contribution is -2.20. The number of aromatic nitrogens is 3. The Labute approximate surface area is 202 Å². The molecule has 0 unspecified atom stereocenters. The van der Waals surface area contributed by atoms with Crippen molar-refractivity contribution < 1.29 is 0 Å². The van der Waals surface area contributed by atoms with Crippen molar-refractivity contribution >= 4 is 17.0 Å². The predicted molar refractivity (Wildman–Crippen MR) is 139 cm³/mol. The highest BCUT2D eigenvalue weighted by Crippen LogP contribution is 2.22. The smallest absolute Gasteiger partial charge is 0.297 e. The Morgan fingerprint density at radius 3 is 2.15 bits per heavy atom. The van der Waals surface area contributed by atoms with Gasteiger partial charge >= 0.3 is 0 Å². The lowest BCUT2D eigenvalue weighted by atomic mass is 10.1. The van der Waals surface area contributed by atoms with Crippen LogP contribution in [0.25, 0.3) is 16.9 Å². The Hall–Kier alpha value is -3.90. The Morgan fingerprint density at radius 1 is 0.853 bits per heavy atom. The molecule has 5 rings (SSSR count). The second kappa shape index (κ2) is 9.53. The summed E-state index contributed by atoms with van der Waals surface area (Å²) in [5.41, 5.74) is 5.54. The molecule has 5 nitrogen and oxygen atoms in total. The van der Waals surface area contributed by atoms with Gasteiger partial charge in [-0.1, -0.05) is 78.9 Å². The number of rotatable bonds is 6. The number of aryl methyl sites for hydroxylation is 1. The van der Waals surface area contributed by atoms with Crippen LogP contribution in [-0.2, 0) is 20.0 Å². The fourth-order valence-corrected chi connectivity index (χ4v) is 5.08. The molecule has 34 heavy (non-hydrogen) atoms. The standard InChI is InChI=1S/C28H26N4OS/c1-21-26(27(33)32(30(21)2)24-16-10-5-11-17-24)29-28-31(19-18-22-12-6-3-7-13-22)25(20-34-28)23-14-8-4-9-15-23/h3-17,20H,18-19H2,1-2H3. The molecule has 0 spiro atoms. The van der Waals surface area contributed by atoms with Gasteiger partial charge in [-0.05, 0) is 36.6 Å². The Morgan fingerprint density at radius 2 is 1.47 bits per heavy atom. The molecule has 2 heterocycles. The van der Waals surface area contributed by atoms with Crippen molar-refractivity contribution in [3.8, 4) is 16.9 Å². The van der Waals surface area contributed by atoms with Crippen LogP contribution in [0.3, 0.4) is 0 Å². The molecule has 0 amide bonds. The van der Waals surface area contributed by atoms with Crippen molar-refractivity contribution in [1.29, 1.82) is 0 Å². The number of hydrogen-bond acceptors (Lipinski definition) is 3. The maximum Gasteiger partial charge on any atom is 0.297 e. The van der Waals surface area contributed by atoms with Gasteiger partial charge in [0.1, 0.15) is 0 Å². The van der Waals surface area contributed by atoms with Crippen LogP contribution in [0.15, 0.2) is 106 Å². The van der Waals surface area contributed by atoms with Gasteiger partial charge in [0.2, 0.25) is 0 Å². The minimum Gasteiger partial charge on any atom is -0.316 e. The van der Waals surface area contributed by atoms with Crippen molar-refractivity contribution in [2.24, 2.45) is 12.0 Å². The summed E-state index contributed by atoms with van der Waals surface area (Å²) in [4.78, 5) is 19.2. The van der Waals surface area contributed by atoms with Crippen LogP contribution >= 0.6 is 11.3 Å². The minimum absolute atomic E-state index is 0.115. The molecule has 0 aliphatic carbocycles. The van der Waals surface area contributed by atoms with E-state index in [4.69, 9.17) is 4.99 Å². The Bertz CT molecular complexity index is 1520. The van der Waals surface area contributed by atoms with E-state index in [1.54, 1.807) is 16.0 Å². The van der Waals surface area contributed by atoms with Gasteiger partial charge in [-0.2, -0.15) is 0 Å². The van der Waals surface area contributed by atoms with E-state index in [0.717, 1.165) is 40.4 Å². The van der Waals surface area contributed by atoms with Gasteiger partial charge in [-0.25, -0.2) is 9.67 Å². The lowest BCUT2D eigenvalue weighted by Gasteiger charge is -2.09. The first kappa shape index (κ1) is 21.9. The molecule has 6 heteroatoms. The van der Waals surface area contributed by atoms with E-state index in [2.05, 4.69) is 46.3 Å². The van der Waals surface area contributed by atoms with Gasteiger partial charge in [0.05, 0.1) is 17.1 Å². The van der Waals surface area contributed by atoms with Crippen molar-refractivity contribution in [3.63, 3.8) is 0 Å². The number of thiazole rings is 1. The summed E-state index contributed by atoms with van der Waals surface area (Å²) in [6.45, 7) is 2.72. The van der Waals surface area contributed by atoms with Crippen LogP contribution in [0.4, 0.5) is 5.69 Å². The molecule has 2 aromatic heterocycles. The van der Waals surface area contributed by atoms with Gasteiger partial charge < -0.3 is 4.57 Å².